The van der Waals surface area contributed by atoms with Crippen molar-refractivity contribution in [3.63, 3.8) is 0 Å². The lowest BCUT2D eigenvalue weighted by molar-refractivity contribution is 0.101. The summed E-state index contributed by atoms with van der Waals surface area (Å²) in [5.41, 5.74) is 3.96. The molecule has 0 aliphatic carbocycles. The van der Waals surface area contributed by atoms with Crippen molar-refractivity contribution < 1.29 is 9.59 Å². The molecule has 37 heavy (non-hydrogen) atoms. The number of benzene rings is 4. The highest BCUT2D eigenvalue weighted by Crippen LogP contribution is 2.30. The molecule has 1 aromatic heterocycles. The molecule has 0 spiro atoms. The van der Waals surface area contributed by atoms with Crippen LogP contribution in [0.15, 0.2) is 78.9 Å². The predicted octanol–water partition coefficient (Wildman–Crippen LogP) is 8.35. The van der Waals surface area contributed by atoms with Gasteiger partial charge in [0.1, 0.15) is 5.82 Å². The highest BCUT2D eigenvalue weighted by Gasteiger charge is 2.15. The number of hydrogen-bond acceptors (Lipinski definition) is 3. The van der Waals surface area contributed by atoms with Crippen molar-refractivity contribution >= 4 is 80.6 Å². The number of hydrogen-bond donors (Lipinski definition) is 3. The third-order valence-electron chi connectivity index (χ3n) is 5.53. The van der Waals surface area contributed by atoms with Gasteiger partial charge in [0, 0.05) is 22.4 Å². The summed E-state index contributed by atoms with van der Waals surface area (Å²) in [4.78, 5) is 33.4. The summed E-state index contributed by atoms with van der Waals surface area (Å²) in [6, 6.07) is 22.0. The van der Waals surface area contributed by atoms with Crippen molar-refractivity contribution in [1.82, 2.24) is 9.97 Å². The van der Waals surface area contributed by atoms with Gasteiger partial charge in [-0.1, -0.05) is 58.5 Å². The van der Waals surface area contributed by atoms with E-state index in [1.165, 1.54) is 12.1 Å². The van der Waals surface area contributed by atoms with Crippen LogP contribution in [0.5, 0.6) is 0 Å². The lowest BCUT2D eigenvalue weighted by Crippen LogP contribution is -2.12. The summed E-state index contributed by atoms with van der Waals surface area (Å²) < 4.78 is 0. The Morgan fingerprint density at radius 1 is 0.676 bits per heavy atom. The minimum Gasteiger partial charge on any atom is -0.338 e. The Bertz CT molecular complexity index is 1680. The van der Waals surface area contributed by atoms with Crippen LogP contribution < -0.4 is 10.6 Å². The molecule has 0 radical (unpaired) electrons. The zero-order valence-corrected chi connectivity index (χ0v) is 21.8. The van der Waals surface area contributed by atoms with Gasteiger partial charge in [0.2, 0.25) is 0 Å². The van der Waals surface area contributed by atoms with Gasteiger partial charge in [-0.05, 0) is 66.7 Å². The molecule has 2 amide bonds. The normalized spacial score (nSPS) is 10.9. The summed E-state index contributed by atoms with van der Waals surface area (Å²) >= 11 is 24.0. The van der Waals surface area contributed by atoms with Crippen molar-refractivity contribution in [1.29, 1.82) is 0 Å². The van der Waals surface area contributed by atoms with Crippen LogP contribution in [0.1, 0.15) is 20.7 Å². The van der Waals surface area contributed by atoms with Gasteiger partial charge >= 0.3 is 0 Å². The maximum absolute atomic E-state index is 12.8. The van der Waals surface area contributed by atoms with E-state index in [2.05, 4.69) is 20.6 Å². The minimum absolute atomic E-state index is 0.293. The quantitative estimate of drug-likeness (QED) is 0.199. The number of carbonyl (C=O) groups is 2. The smallest absolute Gasteiger partial charge is 0.255 e. The number of anilines is 2. The van der Waals surface area contributed by atoms with Gasteiger partial charge in [-0.15, -0.1) is 0 Å². The number of nitrogens with one attached hydrogen (secondary N) is 3. The van der Waals surface area contributed by atoms with Crippen molar-refractivity contribution in [3.8, 4) is 11.4 Å². The van der Waals surface area contributed by atoms with Crippen LogP contribution in [0.2, 0.25) is 20.1 Å². The highest BCUT2D eigenvalue weighted by molar-refractivity contribution is 6.42. The molecule has 4 aromatic carbocycles. The molecule has 1 heterocycles. The van der Waals surface area contributed by atoms with Crippen LogP contribution in [0.25, 0.3) is 22.4 Å². The van der Waals surface area contributed by atoms with E-state index in [0.717, 1.165) is 0 Å². The van der Waals surface area contributed by atoms with Gasteiger partial charge in [-0.25, -0.2) is 4.98 Å². The van der Waals surface area contributed by atoms with Crippen LogP contribution in [-0.2, 0) is 0 Å². The first-order chi connectivity index (χ1) is 17.8. The van der Waals surface area contributed by atoms with Crippen LogP contribution >= 0.6 is 46.4 Å². The molecule has 0 saturated carbocycles. The lowest BCUT2D eigenvalue weighted by atomic mass is 10.1. The standard InChI is InChI=1S/C27H16Cl4N4O2/c28-18-8-5-14(11-20(18)30)26(36)32-16-7-10-23-24(13-16)34-25(33-23)17-3-1-2-4-22(17)35-27(37)15-6-9-19(29)21(31)12-15/h1-13H,(H,32,36)(H,33,34)(H,35,37). The Labute approximate surface area is 231 Å². The van der Waals surface area contributed by atoms with E-state index in [4.69, 9.17) is 46.4 Å². The highest BCUT2D eigenvalue weighted by atomic mass is 35.5. The number of rotatable bonds is 5. The number of H-pyrrole nitrogens is 1. The van der Waals surface area contributed by atoms with E-state index in [1.807, 2.05) is 18.2 Å². The molecule has 10 heteroatoms. The fourth-order valence-corrected chi connectivity index (χ4v) is 4.28. The zero-order chi connectivity index (χ0) is 26.1. The van der Waals surface area contributed by atoms with Gasteiger partial charge in [0.25, 0.3) is 11.8 Å². The Morgan fingerprint density at radius 2 is 1.30 bits per heavy atom. The molecule has 0 bridgehead atoms. The number of aromatic amines is 1. The van der Waals surface area contributed by atoms with Crippen molar-refractivity contribution in [2.24, 2.45) is 0 Å². The van der Waals surface area contributed by atoms with Gasteiger partial charge in [0.15, 0.2) is 0 Å². The largest absolute Gasteiger partial charge is 0.338 e. The summed E-state index contributed by atoms with van der Waals surface area (Å²) in [6.45, 7) is 0. The first-order valence-electron chi connectivity index (χ1n) is 10.9. The number of nitrogens with zero attached hydrogens (tertiary/aromatic N) is 1. The van der Waals surface area contributed by atoms with E-state index >= 15 is 0 Å². The number of aromatic nitrogens is 2. The minimum atomic E-state index is -0.338. The van der Waals surface area contributed by atoms with E-state index in [0.29, 0.717) is 65.0 Å². The number of halogens is 4. The molecule has 0 atom stereocenters. The Hall–Kier alpha value is -3.55. The molecule has 3 N–H and O–H groups in total. The predicted molar refractivity (Wildman–Crippen MR) is 150 cm³/mol. The first-order valence-corrected chi connectivity index (χ1v) is 12.4. The summed E-state index contributed by atoms with van der Waals surface area (Å²) in [7, 11) is 0. The number of carbonyl (C=O) groups excluding carboxylic acids is 2. The molecule has 5 rings (SSSR count). The van der Waals surface area contributed by atoms with Gasteiger partial charge in [-0.3, -0.25) is 9.59 Å². The molecule has 184 valence electrons. The Kier molecular flexibility index (Phi) is 7.09. The van der Waals surface area contributed by atoms with Gasteiger partial charge < -0.3 is 15.6 Å². The third-order valence-corrected chi connectivity index (χ3v) is 7.01. The van der Waals surface area contributed by atoms with E-state index in [9.17, 15) is 9.59 Å². The average molecular weight is 570 g/mol. The Balaban J connectivity index is 1.40. The summed E-state index contributed by atoms with van der Waals surface area (Å²) in [5.74, 6) is -0.115. The van der Waals surface area contributed by atoms with Crippen molar-refractivity contribution in [2.75, 3.05) is 10.6 Å². The maximum Gasteiger partial charge on any atom is 0.255 e. The molecular formula is C27H16Cl4N4O2. The molecule has 6 nitrogen and oxygen atoms in total. The summed E-state index contributed by atoms with van der Waals surface area (Å²) in [5, 5.41) is 7.08. The lowest BCUT2D eigenvalue weighted by Gasteiger charge is -2.10. The number of para-hydroxylation sites is 1. The first kappa shape index (κ1) is 25.1. The van der Waals surface area contributed by atoms with Crippen molar-refractivity contribution in [2.45, 2.75) is 0 Å². The maximum atomic E-state index is 12.8. The molecule has 0 aliphatic rings. The van der Waals surface area contributed by atoms with E-state index < -0.39 is 0 Å². The molecule has 0 saturated heterocycles. The number of imidazole rings is 1. The Morgan fingerprint density at radius 3 is 1.95 bits per heavy atom. The second-order valence-electron chi connectivity index (χ2n) is 8.03. The van der Waals surface area contributed by atoms with Gasteiger partial charge in [0.05, 0.1) is 36.8 Å². The molecule has 0 aliphatic heterocycles. The topological polar surface area (TPSA) is 86.9 Å². The van der Waals surface area contributed by atoms with Crippen LogP contribution in [0, 0.1) is 0 Å². The molecular weight excluding hydrogens is 554 g/mol. The summed E-state index contributed by atoms with van der Waals surface area (Å²) in [6.07, 6.45) is 0. The van der Waals surface area contributed by atoms with Crippen LogP contribution in [-0.4, -0.2) is 21.8 Å². The molecule has 5 aromatic rings. The monoisotopic (exact) mass is 568 g/mol. The van der Waals surface area contributed by atoms with Crippen LogP contribution in [0.3, 0.4) is 0 Å². The fraction of sp³-hybridized carbons (Fsp3) is 0. The van der Waals surface area contributed by atoms with Crippen molar-refractivity contribution in [3.05, 3.63) is 110 Å². The molecule has 0 fully saturated rings. The van der Waals surface area contributed by atoms with E-state index in [1.54, 1.807) is 48.5 Å². The average Bonchev–Trinajstić information content (AvgIpc) is 3.31. The van der Waals surface area contributed by atoms with E-state index in [-0.39, 0.29) is 11.8 Å². The number of fused-ring (bicyclic) bond motifs is 1. The second kappa shape index (κ2) is 10.4. The zero-order valence-electron chi connectivity index (χ0n) is 18.8. The molecule has 0 unspecified atom stereocenters. The van der Waals surface area contributed by atoms with Gasteiger partial charge in [-0.2, -0.15) is 0 Å². The second-order valence-corrected chi connectivity index (χ2v) is 9.66. The number of amides is 2. The third kappa shape index (κ3) is 5.43. The SMILES string of the molecule is O=C(Nc1ccc2nc(-c3ccccc3NC(=O)c3ccc(Cl)c(Cl)c3)[nH]c2c1)c1ccc(Cl)c(Cl)c1. The fourth-order valence-electron chi connectivity index (χ4n) is 3.69. The van der Waals surface area contributed by atoms with Crippen LogP contribution in [0.4, 0.5) is 11.4 Å².